The third-order valence-corrected chi connectivity index (χ3v) is 2.10. The predicted molar refractivity (Wildman–Crippen MR) is 48.9 cm³/mol. The molecule has 0 aliphatic carbocycles. The van der Waals surface area contributed by atoms with Crippen molar-refractivity contribution in [2.75, 3.05) is 0 Å². The molecular weight excluding hydrogens is 134 g/mol. The second-order valence-electron chi connectivity index (χ2n) is 3.39. The maximum Gasteiger partial charge on any atom is 0.0200 e. The molecule has 1 aromatic rings. The van der Waals surface area contributed by atoms with Gasteiger partial charge < -0.3 is 4.57 Å². The Balaban J connectivity index is 2.97. The van der Waals surface area contributed by atoms with E-state index in [0.717, 1.165) is 6.42 Å². The Morgan fingerprint density at radius 1 is 1.45 bits per heavy atom. The first kappa shape index (κ1) is 8.38. The van der Waals surface area contributed by atoms with Crippen molar-refractivity contribution in [3.05, 3.63) is 23.5 Å². The van der Waals surface area contributed by atoms with Crippen molar-refractivity contribution in [1.82, 2.24) is 4.57 Å². The minimum atomic E-state index is 0.639. The fraction of sp³-hybridized carbons (Fsp3) is 0.600. The summed E-state index contributed by atoms with van der Waals surface area (Å²) >= 11 is 0. The first-order valence-corrected chi connectivity index (χ1v) is 4.30. The van der Waals surface area contributed by atoms with Crippen molar-refractivity contribution in [1.29, 1.82) is 0 Å². The van der Waals surface area contributed by atoms with E-state index in [0.29, 0.717) is 5.92 Å². The Bertz CT molecular complexity index is 233. The van der Waals surface area contributed by atoms with E-state index in [1.54, 1.807) is 0 Å². The highest BCUT2D eigenvalue weighted by atomic mass is 14.9. The van der Waals surface area contributed by atoms with E-state index in [-0.39, 0.29) is 0 Å². The summed E-state index contributed by atoms with van der Waals surface area (Å²) in [4.78, 5) is 0. The van der Waals surface area contributed by atoms with Gasteiger partial charge in [-0.05, 0) is 24.0 Å². The van der Waals surface area contributed by atoms with E-state index in [9.17, 15) is 0 Å². The summed E-state index contributed by atoms with van der Waals surface area (Å²) in [5.41, 5.74) is 2.87. The van der Waals surface area contributed by atoms with Gasteiger partial charge in [0.05, 0.1) is 0 Å². The van der Waals surface area contributed by atoms with Crippen LogP contribution in [0.1, 0.15) is 37.9 Å². The van der Waals surface area contributed by atoms with Crippen LogP contribution in [0.25, 0.3) is 0 Å². The van der Waals surface area contributed by atoms with Gasteiger partial charge in [-0.1, -0.05) is 20.8 Å². The Hall–Kier alpha value is -0.720. The maximum absolute atomic E-state index is 2.30. The molecule has 0 saturated heterocycles. The molecule has 1 heterocycles. The highest BCUT2D eigenvalue weighted by Crippen LogP contribution is 2.16. The molecule has 0 aromatic carbocycles. The summed E-state index contributed by atoms with van der Waals surface area (Å²) in [6.07, 6.45) is 3.36. The van der Waals surface area contributed by atoms with Crippen molar-refractivity contribution in [2.24, 2.45) is 7.05 Å². The molecule has 0 atom stereocenters. The Morgan fingerprint density at radius 3 is 2.36 bits per heavy atom. The Labute approximate surface area is 69.0 Å². The first-order valence-electron chi connectivity index (χ1n) is 4.30. The number of aryl methyl sites for hydroxylation is 2. The molecule has 0 fully saturated rings. The van der Waals surface area contributed by atoms with Gasteiger partial charge in [0.25, 0.3) is 0 Å². The summed E-state index contributed by atoms with van der Waals surface area (Å²) in [6, 6.07) is 2.30. The van der Waals surface area contributed by atoms with E-state index in [2.05, 4.69) is 44.6 Å². The third-order valence-electron chi connectivity index (χ3n) is 2.10. The summed E-state index contributed by atoms with van der Waals surface area (Å²) < 4.78 is 2.23. The van der Waals surface area contributed by atoms with Gasteiger partial charge in [0.1, 0.15) is 0 Å². The lowest BCUT2D eigenvalue weighted by molar-refractivity contribution is 0.741. The molecule has 1 aromatic heterocycles. The third kappa shape index (κ3) is 1.65. The molecule has 62 valence electrons. The maximum atomic E-state index is 2.30. The summed E-state index contributed by atoms with van der Waals surface area (Å²) in [5.74, 6) is 0.639. The molecule has 0 spiro atoms. The van der Waals surface area contributed by atoms with Crippen LogP contribution in [0.3, 0.4) is 0 Å². The number of hydrogen-bond acceptors (Lipinski definition) is 0. The minimum Gasteiger partial charge on any atom is -0.354 e. The first-order chi connectivity index (χ1) is 5.15. The molecule has 1 nitrogen and oxygen atoms in total. The number of rotatable bonds is 2. The van der Waals surface area contributed by atoms with Gasteiger partial charge >= 0.3 is 0 Å². The van der Waals surface area contributed by atoms with Crippen LogP contribution in [-0.2, 0) is 13.5 Å². The van der Waals surface area contributed by atoms with E-state index >= 15 is 0 Å². The van der Waals surface area contributed by atoms with Crippen LogP contribution >= 0.6 is 0 Å². The zero-order valence-electron chi connectivity index (χ0n) is 7.89. The van der Waals surface area contributed by atoms with E-state index in [1.807, 2.05) is 0 Å². The van der Waals surface area contributed by atoms with Crippen LogP contribution < -0.4 is 0 Å². The summed E-state index contributed by atoms with van der Waals surface area (Å²) in [6.45, 7) is 6.66. The largest absolute Gasteiger partial charge is 0.354 e. The molecular formula is C10H17N. The number of nitrogens with zero attached hydrogens (tertiary/aromatic N) is 1. The molecule has 0 radical (unpaired) electrons. The fourth-order valence-corrected chi connectivity index (χ4v) is 1.42. The Kier molecular flexibility index (Phi) is 2.38. The van der Waals surface area contributed by atoms with Gasteiger partial charge in [0.15, 0.2) is 0 Å². The van der Waals surface area contributed by atoms with Crippen molar-refractivity contribution < 1.29 is 0 Å². The molecule has 0 aliphatic heterocycles. The SMILES string of the molecule is CCc1cc(C(C)C)n(C)c1. The monoisotopic (exact) mass is 151 g/mol. The number of aromatic nitrogens is 1. The van der Waals surface area contributed by atoms with Gasteiger partial charge in [-0.25, -0.2) is 0 Å². The molecule has 0 amide bonds. The van der Waals surface area contributed by atoms with Crippen LogP contribution in [0.15, 0.2) is 12.3 Å². The zero-order valence-corrected chi connectivity index (χ0v) is 7.89. The van der Waals surface area contributed by atoms with Crippen LogP contribution in [-0.4, -0.2) is 4.57 Å². The smallest absolute Gasteiger partial charge is 0.0200 e. The van der Waals surface area contributed by atoms with Gasteiger partial charge in [-0.3, -0.25) is 0 Å². The quantitative estimate of drug-likeness (QED) is 0.612. The van der Waals surface area contributed by atoms with Crippen LogP contribution in [0, 0.1) is 0 Å². The molecule has 1 heteroatoms. The summed E-state index contributed by atoms with van der Waals surface area (Å²) in [7, 11) is 2.12. The lowest BCUT2D eigenvalue weighted by Crippen LogP contribution is -1.95. The average molecular weight is 151 g/mol. The van der Waals surface area contributed by atoms with E-state index in [4.69, 9.17) is 0 Å². The average Bonchev–Trinajstić information content (AvgIpc) is 2.30. The molecule has 0 unspecified atom stereocenters. The molecule has 0 aliphatic rings. The normalized spacial score (nSPS) is 11.0. The highest BCUT2D eigenvalue weighted by molar-refractivity contribution is 5.20. The fourth-order valence-electron chi connectivity index (χ4n) is 1.42. The predicted octanol–water partition coefficient (Wildman–Crippen LogP) is 2.71. The minimum absolute atomic E-state index is 0.639. The summed E-state index contributed by atoms with van der Waals surface area (Å²) in [5, 5.41) is 0. The molecule has 0 saturated carbocycles. The lowest BCUT2D eigenvalue weighted by Gasteiger charge is -2.04. The lowest BCUT2D eigenvalue weighted by atomic mass is 10.1. The standard InChI is InChI=1S/C10H17N/c1-5-9-6-10(8(2)3)11(4)7-9/h6-8H,5H2,1-4H3. The van der Waals surface area contributed by atoms with E-state index < -0.39 is 0 Å². The van der Waals surface area contributed by atoms with Crippen LogP contribution in [0.5, 0.6) is 0 Å². The van der Waals surface area contributed by atoms with Crippen molar-refractivity contribution in [3.63, 3.8) is 0 Å². The van der Waals surface area contributed by atoms with Gasteiger partial charge in [-0.2, -0.15) is 0 Å². The molecule has 0 bridgehead atoms. The van der Waals surface area contributed by atoms with Crippen molar-refractivity contribution in [2.45, 2.75) is 33.1 Å². The second-order valence-corrected chi connectivity index (χ2v) is 3.39. The highest BCUT2D eigenvalue weighted by Gasteiger charge is 2.04. The molecule has 1 rings (SSSR count). The zero-order chi connectivity index (χ0) is 8.43. The topological polar surface area (TPSA) is 4.93 Å². The Morgan fingerprint density at radius 2 is 2.09 bits per heavy atom. The number of hydrogen-bond donors (Lipinski definition) is 0. The van der Waals surface area contributed by atoms with Crippen LogP contribution in [0.2, 0.25) is 0 Å². The van der Waals surface area contributed by atoms with Gasteiger partial charge in [-0.15, -0.1) is 0 Å². The van der Waals surface area contributed by atoms with Crippen molar-refractivity contribution >= 4 is 0 Å². The van der Waals surface area contributed by atoms with Gasteiger partial charge in [0, 0.05) is 18.9 Å². The second kappa shape index (κ2) is 3.12. The van der Waals surface area contributed by atoms with Gasteiger partial charge in [0.2, 0.25) is 0 Å². The van der Waals surface area contributed by atoms with Crippen molar-refractivity contribution in [3.8, 4) is 0 Å². The molecule has 0 N–H and O–H groups in total. The molecule has 11 heavy (non-hydrogen) atoms. The van der Waals surface area contributed by atoms with Crippen LogP contribution in [0.4, 0.5) is 0 Å². The van der Waals surface area contributed by atoms with E-state index in [1.165, 1.54) is 11.3 Å².